The lowest BCUT2D eigenvalue weighted by Gasteiger charge is -2.12. The Labute approximate surface area is 148 Å². The Morgan fingerprint density at radius 3 is 2.04 bits per heavy atom. The van der Waals surface area contributed by atoms with E-state index < -0.39 is 0 Å². The van der Waals surface area contributed by atoms with Crippen molar-refractivity contribution in [3.63, 3.8) is 0 Å². The van der Waals surface area contributed by atoms with Gasteiger partial charge in [0.05, 0.1) is 12.3 Å². The molecule has 0 aliphatic rings. The van der Waals surface area contributed by atoms with E-state index in [2.05, 4.69) is 10.6 Å². The largest absolute Gasteiger partial charge is 0.492 e. The number of hydrogen-bond acceptors (Lipinski definition) is 3. The van der Waals surface area contributed by atoms with Crippen LogP contribution in [-0.2, 0) is 16.0 Å². The lowest BCUT2D eigenvalue weighted by molar-refractivity contribution is -0.121. The highest BCUT2D eigenvalue weighted by atomic mass is 16.5. The van der Waals surface area contributed by atoms with Gasteiger partial charge >= 0.3 is 0 Å². The number of hydrogen-bond donors (Lipinski definition) is 2. The van der Waals surface area contributed by atoms with Crippen molar-refractivity contribution in [3.8, 4) is 5.75 Å². The molecule has 5 heteroatoms. The molecule has 0 aliphatic heterocycles. The van der Waals surface area contributed by atoms with Gasteiger partial charge in [0, 0.05) is 18.5 Å². The average molecular weight is 340 g/mol. The molecule has 0 spiro atoms. The van der Waals surface area contributed by atoms with Crippen LogP contribution in [0.1, 0.15) is 32.3 Å². The third kappa shape index (κ3) is 5.64. The van der Waals surface area contributed by atoms with Crippen molar-refractivity contribution in [2.45, 2.75) is 33.1 Å². The zero-order chi connectivity index (χ0) is 18.1. The van der Waals surface area contributed by atoms with Crippen LogP contribution in [0.15, 0.2) is 48.5 Å². The predicted molar refractivity (Wildman–Crippen MR) is 99.9 cm³/mol. The van der Waals surface area contributed by atoms with Crippen LogP contribution in [0.5, 0.6) is 5.75 Å². The minimum Gasteiger partial charge on any atom is -0.492 e. The Morgan fingerprint density at radius 1 is 0.840 bits per heavy atom. The van der Waals surface area contributed by atoms with Crippen molar-refractivity contribution < 1.29 is 14.3 Å². The van der Waals surface area contributed by atoms with Gasteiger partial charge in [-0.3, -0.25) is 9.59 Å². The molecular formula is C20H24N2O3. The second kappa shape index (κ2) is 9.47. The Morgan fingerprint density at radius 2 is 1.40 bits per heavy atom. The molecule has 5 nitrogen and oxygen atoms in total. The molecule has 2 N–H and O–H groups in total. The van der Waals surface area contributed by atoms with E-state index in [-0.39, 0.29) is 24.7 Å². The number of anilines is 2. The average Bonchev–Trinajstić information content (AvgIpc) is 2.62. The first kappa shape index (κ1) is 18.5. The number of carbonyl (C=O) groups is 2. The number of nitrogens with one attached hydrogen (secondary N) is 2. The molecule has 25 heavy (non-hydrogen) atoms. The van der Waals surface area contributed by atoms with Crippen molar-refractivity contribution in [3.05, 3.63) is 54.1 Å². The van der Waals surface area contributed by atoms with E-state index in [4.69, 9.17) is 4.74 Å². The van der Waals surface area contributed by atoms with Gasteiger partial charge in [-0.2, -0.15) is 0 Å². The maximum absolute atomic E-state index is 12.1. The monoisotopic (exact) mass is 340 g/mol. The fourth-order valence-electron chi connectivity index (χ4n) is 2.45. The van der Waals surface area contributed by atoms with Gasteiger partial charge in [-0.05, 0) is 37.1 Å². The molecule has 0 saturated heterocycles. The highest BCUT2D eigenvalue weighted by Crippen LogP contribution is 2.24. The van der Waals surface area contributed by atoms with Crippen LogP contribution in [0.2, 0.25) is 0 Å². The van der Waals surface area contributed by atoms with Crippen LogP contribution < -0.4 is 15.4 Å². The van der Waals surface area contributed by atoms with E-state index in [1.165, 1.54) is 0 Å². The maximum atomic E-state index is 12.1. The van der Waals surface area contributed by atoms with Crippen molar-refractivity contribution in [2.24, 2.45) is 0 Å². The van der Waals surface area contributed by atoms with Crippen molar-refractivity contribution in [2.75, 3.05) is 17.2 Å². The summed E-state index contributed by atoms with van der Waals surface area (Å²) in [5.41, 5.74) is 2.49. The highest BCUT2D eigenvalue weighted by Gasteiger charge is 2.11. The molecule has 2 aromatic rings. The van der Waals surface area contributed by atoms with Gasteiger partial charge in [0.15, 0.2) is 0 Å². The lowest BCUT2D eigenvalue weighted by Crippen LogP contribution is -2.18. The van der Waals surface area contributed by atoms with Crippen molar-refractivity contribution in [1.82, 2.24) is 0 Å². The number of benzene rings is 2. The Hall–Kier alpha value is -2.82. The van der Waals surface area contributed by atoms with E-state index in [1.54, 1.807) is 12.1 Å². The van der Waals surface area contributed by atoms with Crippen molar-refractivity contribution in [1.29, 1.82) is 0 Å². The smallest absolute Gasteiger partial charge is 0.224 e. The van der Waals surface area contributed by atoms with Gasteiger partial charge in [-0.15, -0.1) is 0 Å². The fraction of sp³-hybridized carbons (Fsp3) is 0.300. The molecule has 0 aliphatic carbocycles. The summed E-state index contributed by atoms with van der Waals surface area (Å²) in [7, 11) is 0. The summed E-state index contributed by atoms with van der Waals surface area (Å²) >= 11 is 0. The van der Waals surface area contributed by atoms with Gasteiger partial charge in [-0.25, -0.2) is 0 Å². The summed E-state index contributed by atoms with van der Waals surface area (Å²) in [5.74, 6) is 0.236. The van der Waals surface area contributed by atoms with Crippen molar-refractivity contribution >= 4 is 23.2 Å². The van der Waals surface area contributed by atoms with Crippen LogP contribution in [0.4, 0.5) is 11.4 Å². The summed E-state index contributed by atoms with van der Waals surface area (Å²) in [6.45, 7) is 4.44. The first-order valence-corrected chi connectivity index (χ1v) is 8.53. The number of para-hydroxylation sites is 3. The number of carbonyl (C=O) groups excluding carboxylic acids is 2. The van der Waals surface area contributed by atoms with Gasteiger partial charge in [0.1, 0.15) is 5.75 Å². The molecule has 0 fully saturated rings. The molecule has 2 aromatic carbocycles. The van der Waals surface area contributed by atoms with Gasteiger partial charge in [0.25, 0.3) is 0 Å². The number of amides is 2. The van der Waals surface area contributed by atoms with Gasteiger partial charge < -0.3 is 15.4 Å². The number of rotatable bonds is 8. The fourth-order valence-corrected chi connectivity index (χ4v) is 2.45. The Kier molecular flexibility index (Phi) is 7.01. The molecule has 0 radical (unpaired) electrons. The van der Waals surface area contributed by atoms with E-state index in [0.717, 1.165) is 17.7 Å². The third-order valence-corrected chi connectivity index (χ3v) is 3.71. The zero-order valence-electron chi connectivity index (χ0n) is 14.7. The van der Waals surface area contributed by atoms with Crippen LogP contribution in [-0.4, -0.2) is 18.4 Å². The zero-order valence-corrected chi connectivity index (χ0v) is 14.7. The van der Waals surface area contributed by atoms with E-state index in [9.17, 15) is 9.59 Å². The minimum atomic E-state index is -0.217. The highest BCUT2D eigenvalue weighted by molar-refractivity contribution is 5.97. The molecule has 0 bridgehead atoms. The molecule has 0 atom stereocenters. The van der Waals surface area contributed by atoms with E-state index in [1.807, 2.05) is 50.2 Å². The van der Waals surface area contributed by atoms with Crippen LogP contribution in [0.25, 0.3) is 0 Å². The molecule has 0 aromatic heterocycles. The minimum absolute atomic E-state index is 0.112. The molecular weight excluding hydrogens is 316 g/mol. The topological polar surface area (TPSA) is 67.4 Å². The standard InChI is InChI=1S/C20H24N2O3/c1-3-15-9-5-6-10-16(15)21-19(23)13-14-20(24)22-17-11-7-8-12-18(17)25-4-2/h5-12H,3-4,13-14H2,1-2H3,(H,21,23)(H,22,24). The third-order valence-electron chi connectivity index (χ3n) is 3.71. The molecule has 0 saturated carbocycles. The quantitative estimate of drug-likeness (QED) is 0.763. The lowest BCUT2D eigenvalue weighted by atomic mass is 10.1. The molecule has 0 heterocycles. The molecule has 2 amide bonds. The Balaban J connectivity index is 1.86. The summed E-state index contributed by atoms with van der Waals surface area (Å²) in [6, 6.07) is 14.9. The normalized spacial score (nSPS) is 10.2. The molecule has 0 unspecified atom stereocenters. The predicted octanol–water partition coefficient (Wildman–Crippen LogP) is 4.01. The van der Waals surface area contributed by atoms with Gasteiger partial charge in [-0.1, -0.05) is 37.3 Å². The maximum Gasteiger partial charge on any atom is 0.224 e. The summed E-state index contributed by atoms with van der Waals surface area (Å²) < 4.78 is 5.47. The number of aryl methyl sites for hydroxylation is 1. The summed E-state index contributed by atoms with van der Waals surface area (Å²) in [6.07, 6.45) is 1.08. The molecule has 132 valence electrons. The van der Waals surface area contributed by atoms with E-state index >= 15 is 0 Å². The second-order valence-electron chi connectivity index (χ2n) is 5.54. The first-order valence-electron chi connectivity index (χ1n) is 8.53. The van der Waals surface area contributed by atoms with Crippen LogP contribution in [0.3, 0.4) is 0 Å². The first-order chi connectivity index (χ1) is 12.1. The van der Waals surface area contributed by atoms with Crippen LogP contribution >= 0.6 is 0 Å². The van der Waals surface area contributed by atoms with Crippen LogP contribution in [0, 0.1) is 0 Å². The molecule has 2 rings (SSSR count). The summed E-state index contributed by atoms with van der Waals surface area (Å²) in [4.78, 5) is 24.2. The van der Waals surface area contributed by atoms with E-state index in [0.29, 0.717) is 18.0 Å². The second-order valence-corrected chi connectivity index (χ2v) is 5.54. The SMILES string of the molecule is CCOc1ccccc1NC(=O)CCC(=O)Nc1ccccc1CC. The van der Waals surface area contributed by atoms with Gasteiger partial charge in [0.2, 0.25) is 11.8 Å². The number of ether oxygens (including phenoxy) is 1. The Bertz CT molecular complexity index is 728. The summed E-state index contributed by atoms with van der Waals surface area (Å²) in [5, 5.41) is 5.66.